The third kappa shape index (κ3) is 4.84. The molecule has 1 aromatic heterocycles. The topological polar surface area (TPSA) is 77.3 Å². The Bertz CT molecular complexity index is 819. The van der Waals surface area contributed by atoms with Gasteiger partial charge in [0.25, 0.3) is 0 Å². The molecular weight excluding hydrogens is 338 g/mol. The van der Waals surface area contributed by atoms with Crippen molar-refractivity contribution in [1.29, 1.82) is 0 Å². The van der Waals surface area contributed by atoms with Gasteiger partial charge in [-0.25, -0.2) is 0 Å². The number of aromatic nitrogens is 2. The van der Waals surface area contributed by atoms with E-state index in [1.54, 1.807) is 19.2 Å². The quantitative estimate of drug-likeness (QED) is 0.697. The Morgan fingerprint density at radius 3 is 2.60 bits per heavy atom. The van der Waals surface area contributed by atoms with Gasteiger partial charge >= 0.3 is 6.01 Å². The molecule has 0 saturated heterocycles. The van der Waals surface area contributed by atoms with Gasteiger partial charge in [-0.2, -0.15) is 0 Å². The number of methoxy groups -OCH3 is 1. The van der Waals surface area contributed by atoms with E-state index in [1.807, 2.05) is 42.5 Å². The molecular formula is C18H17N3O3S. The Hall–Kier alpha value is -2.80. The molecule has 1 heterocycles. The second-order valence-corrected chi connectivity index (χ2v) is 6.15. The smallest absolute Gasteiger partial charge is 0.322 e. The number of rotatable bonds is 7. The van der Waals surface area contributed by atoms with Crippen LogP contribution in [-0.2, 0) is 10.5 Å². The number of carbonyl (C=O) groups excluding carboxylic acids is 1. The number of anilines is 1. The van der Waals surface area contributed by atoms with E-state index in [0.29, 0.717) is 11.6 Å². The maximum Gasteiger partial charge on any atom is 0.322 e. The first-order chi connectivity index (χ1) is 12.2. The van der Waals surface area contributed by atoms with E-state index in [2.05, 4.69) is 15.5 Å². The Kier molecular flexibility index (Phi) is 5.69. The molecule has 0 spiro atoms. The number of ether oxygens (including phenoxy) is 1. The summed E-state index contributed by atoms with van der Waals surface area (Å²) in [6, 6.07) is 17.3. The summed E-state index contributed by atoms with van der Waals surface area (Å²) >= 11 is 1.53. The average Bonchev–Trinajstić information content (AvgIpc) is 3.11. The van der Waals surface area contributed by atoms with Crippen LogP contribution in [0.25, 0.3) is 11.5 Å². The van der Waals surface area contributed by atoms with Crippen LogP contribution >= 0.6 is 11.8 Å². The van der Waals surface area contributed by atoms with Crippen molar-refractivity contribution in [3.05, 3.63) is 60.2 Å². The molecule has 1 amide bonds. The first-order valence-electron chi connectivity index (χ1n) is 7.64. The fourth-order valence-electron chi connectivity index (χ4n) is 2.12. The number of thioether (sulfide) groups is 1. The highest BCUT2D eigenvalue weighted by Gasteiger charge is 2.11. The molecule has 0 aliphatic carbocycles. The molecule has 0 bridgehead atoms. The zero-order chi connectivity index (χ0) is 17.5. The van der Waals surface area contributed by atoms with Crippen molar-refractivity contribution < 1.29 is 13.9 Å². The number of hydrogen-bond donors (Lipinski definition) is 1. The Morgan fingerprint density at radius 2 is 1.88 bits per heavy atom. The fraction of sp³-hybridized carbons (Fsp3) is 0.167. The second kappa shape index (κ2) is 8.34. The summed E-state index contributed by atoms with van der Waals surface area (Å²) in [6.07, 6.45) is 0. The van der Waals surface area contributed by atoms with Gasteiger partial charge in [0.2, 0.25) is 11.8 Å². The molecule has 0 atom stereocenters. The van der Waals surface area contributed by atoms with E-state index in [9.17, 15) is 4.79 Å². The molecule has 0 aliphatic heterocycles. The number of carbonyl (C=O) groups is 1. The van der Waals surface area contributed by atoms with Gasteiger partial charge in [-0.05, 0) is 29.8 Å². The molecule has 0 fully saturated rings. The van der Waals surface area contributed by atoms with E-state index >= 15 is 0 Å². The number of nitrogens with zero attached hydrogens (tertiary/aromatic N) is 2. The summed E-state index contributed by atoms with van der Waals surface area (Å²) < 4.78 is 10.6. The monoisotopic (exact) mass is 355 g/mol. The van der Waals surface area contributed by atoms with E-state index in [4.69, 9.17) is 9.15 Å². The largest absolute Gasteiger partial charge is 0.497 e. The van der Waals surface area contributed by atoms with E-state index in [-0.39, 0.29) is 11.9 Å². The second-order valence-electron chi connectivity index (χ2n) is 5.17. The molecule has 7 heteroatoms. The number of amides is 1. The van der Waals surface area contributed by atoms with Crippen LogP contribution in [0.4, 0.5) is 6.01 Å². The number of nitrogens with one attached hydrogen (secondary N) is 1. The van der Waals surface area contributed by atoms with Crippen molar-refractivity contribution in [2.45, 2.75) is 5.75 Å². The normalized spacial score (nSPS) is 10.4. The van der Waals surface area contributed by atoms with Crippen molar-refractivity contribution >= 4 is 23.7 Å². The van der Waals surface area contributed by atoms with Crippen LogP contribution in [0.5, 0.6) is 5.75 Å². The van der Waals surface area contributed by atoms with Gasteiger partial charge in [0.05, 0.1) is 12.9 Å². The zero-order valence-corrected chi connectivity index (χ0v) is 14.5. The van der Waals surface area contributed by atoms with Gasteiger partial charge in [-0.3, -0.25) is 10.1 Å². The Labute approximate surface area is 149 Å². The van der Waals surface area contributed by atoms with Crippen LogP contribution in [0, 0.1) is 0 Å². The van der Waals surface area contributed by atoms with Crippen LogP contribution < -0.4 is 10.1 Å². The zero-order valence-electron chi connectivity index (χ0n) is 13.6. The lowest BCUT2D eigenvalue weighted by Crippen LogP contribution is -2.14. The van der Waals surface area contributed by atoms with Gasteiger partial charge in [-0.1, -0.05) is 35.4 Å². The molecule has 128 valence electrons. The highest BCUT2D eigenvalue weighted by Crippen LogP contribution is 2.22. The molecule has 0 radical (unpaired) electrons. The first kappa shape index (κ1) is 17.0. The highest BCUT2D eigenvalue weighted by atomic mass is 32.2. The third-order valence-corrected chi connectivity index (χ3v) is 4.36. The minimum absolute atomic E-state index is 0.0936. The molecule has 0 aliphatic rings. The predicted octanol–water partition coefficient (Wildman–Crippen LogP) is 3.62. The van der Waals surface area contributed by atoms with Gasteiger partial charge in [-0.15, -0.1) is 16.9 Å². The molecule has 3 aromatic rings. The summed E-state index contributed by atoms with van der Waals surface area (Å²) in [6.45, 7) is 0. The summed E-state index contributed by atoms with van der Waals surface area (Å²) in [5.41, 5.74) is 1.94. The maximum atomic E-state index is 12.0. The van der Waals surface area contributed by atoms with Crippen LogP contribution in [0.2, 0.25) is 0 Å². The number of benzene rings is 2. The van der Waals surface area contributed by atoms with Gasteiger partial charge in [0.1, 0.15) is 5.75 Å². The molecule has 6 nitrogen and oxygen atoms in total. The molecule has 0 saturated carbocycles. The summed E-state index contributed by atoms with van der Waals surface area (Å²) in [4.78, 5) is 12.0. The van der Waals surface area contributed by atoms with Gasteiger partial charge in [0.15, 0.2) is 0 Å². The fourth-order valence-corrected chi connectivity index (χ4v) is 2.90. The first-order valence-corrected chi connectivity index (χ1v) is 8.79. The van der Waals surface area contributed by atoms with Crippen molar-refractivity contribution in [2.24, 2.45) is 0 Å². The highest BCUT2D eigenvalue weighted by molar-refractivity contribution is 7.99. The minimum Gasteiger partial charge on any atom is -0.497 e. The summed E-state index contributed by atoms with van der Waals surface area (Å²) in [5, 5.41) is 10.4. The van der Waals surface area contributed by atoms with Gasteiger partial charge < -0.3 is 9.15 Å². The summed E-state index contributed by atoms with van der Waals surface area (Å²) in [7, 11) is 1.60. The van der Waals surface area contributed by atoms with Crippen LogP contribution in [0.1, 0.15) is 5.56 Å². The standard InChI is InChI=1S/C18H17N3O3S/c1-23-15-9-7-14(8-10-15)17-20-21-18(24-17)19-16(22)12-25-11-13-5-3-2-4-6-13/h2-10H,11-12H2,1H3,(H,19,21,22). The Morgan fingerprint density at radius 1 is 1.12 bits per heavy atom. The van der Waals surface area contributed by atoms with Crippen molar-refractivity contribution in [3.63, 3.8) is 0 Å². The summed E-state index contributed by atoms with van der Waals surface area (Å²) in [5.74, 6) is 2.00. The van der Waals surface area contributed by atoms with Crippen LogP contribution in [0.3, 0.4) is 0 Å². The minimum atomic E-state index is -0.175. The maximum absolute atomic E-state index is 12.0. The molecule has 25 heavy (non-hydrogen) atoms. The Balaban J connectivity index is 1.51. The molecule has 1 N–H and O–H groups in total. The average molecular weight is 355 g/mol. The van der Waals surface area contributed by atoms with E-state index in [1.165, 1.54) is 17.3 Å². The lowest BCUT2D eigenvalue weighted by atomic mass is 10.2. The lowest BCUT2D eigenvalue weighted by Gasteiger charge is -2.02. The predicted molar refractivity (Wildman–Crippen MR) is 97.5 cm³/mol. The number of hydrogen-bond acceptors (Lipinski definition) is 6. The SMILES string of the molecule is COc1ccc(-c2nnc(NC(=O)CSCc3ccccc3)o2)cc1. The van der Waals surface area contributed by atoms with Crippen molar-refractivity contribution in [2.75, 3.05) is 18.2 Å². The van der Waals surface area contributed by atoms with Crippen molar-refractivity contribution in [1.82, 2.24) is 10.2 Å². The lowest BCUT2D eigenvalue weighted by molar-refractivity contribution is -0.113. The molecule has 2 aromatic carbocycles. The van der Waals surface area contributed by atoms with Gasteiger partial charge in [0, 0.05) is 11.3 Å². The molecule has 3 rings (SSSR count). The third-order valence-electron chi connectivity index (χ3n) is 3.35. The van der Waals surface area contributed by atoms with Crippen LogP contribution in [0.15, 0.2) is 59.0 Å². The van der Waals surface area contributed by atoms with E-state index in [0.717, 1.165) is 17.1 Å². The van der Waals surface area contributed by atoms with Crippen LogP contribution in [-0.4, -0.2) is 29.0 Å². The van der Waals surface area contributed by atoms with Crippen molar-refractivity contribution in [3.8, 4) is 17.2 Å². The molecule has 0 unspecified atom stereocenters. The van der Waals surface area contributed by atoms with E-state index < -0.39 is 0 Å².